The van der Waals surface area contributed by atoms with Crippen molar-refractivity contribution in [2.24, 2.45) is 0 Å². The molecule has 0 aliphatic carbocycles. The lowest BCUT2D eigenvalue weighted by Crippen LogP contribution is -2.57. The van der Waals surface area contributed by atoms with Crippen LogP contribution in [0.1, 0.15) is 71.8 Å². The third-order valence-corrected chi connectivity index (χ3v) is 10.4. The second-order valence-electron chi connectivity index (χ2n) is 14.0. The smallest absolute Gasteiger partial charge is 0.410 e. The molecule has 2 atom stereocenters. The maximum absolute atomic E-state index is 16.6. The van der Waals surface area contributed by atoms with Crippen LogP contribution >= 0.6 is 11.6 Å². The van der Waals surface area contributed by atoms with Crippen molar-refractivity contribution in [3.05, 3.63) is 40.8 Å². The van der Waals surface area contributed by atoms with Gasteiger partial charge in [0.1, 0.15) is 29.2 Å². The predicted molar refractivity (Wildman–Crippen MR) is 172 cm³/mol. The number of piperazine rings is 1. The Morgan fingerprint density at radius 2 is 1.82 bits per heavy atom. The average molecular weight is 637 g/mol. The maximum Gasteiger partial charge on any atom is 0.410 e. The Bertz CT molecular complexity index is 1610. The summed E-state index contributed by atoms with van der Waals surface area (Å²) in [5.74, 6) is 0.0672. The third kappa shape index (κ3) is 5.47. The number of hydrogen-bond donors (Lipinski definition) is 0. The van der Waals surface area contributed by atoms with E-state index in [1.54, 1.807) is 6.20 Å². The molecule has 9 nitrogen and oxygen atoms in total. The molecule has 45 heavy (non-hydrogen) atoms. The summed E-state index contributed by atoms with van der Waals surface area (Å²) in [4.78, 5) is 33.9. The first-order valence-corrected chi connectivity index (χ1v) is 16.7. The van der Waals surface area contributed by atoms with Gasteiger partial charge in [0.05, 0.1) is 23.0 Å². The Hall–Kier alpha value is -3.24. The van der Waals surface area contributed by atoms with Crippen molar-refractivity contribution in [1.82, 2.24) is 24.8 Å². The zero-order valence-corrected chi connectivity index (χ0v) is 27.4. The molecule has 11 heteroatoms. The molecular formula is C34H42ClFN6O3. The summed E-state index contributed by atoms with van der Waals surface area (Å²) in [6.45, 7) is 11.4. The molecule has 7 rings (SSSR count). The number of carbonyl (C=O) groups is 1. The first kappa shape index (κ1) is 30.4. The van der Waals surface area contributed by atoms with Gasteiger partial charge in [0.15, 0.2) is 5.82 Å². The van der Waals surface area contributed by atoms with Crippen LogP contribution in [0.4, 0.5) is 15.0 Å². The largest absolute Gasteiger partial charge is 0.461 e. The number of rotatable bonds is 6. The molecule has 0 unspecified atom stereocenters. The van der Waals surface area contributed by atoms with E-state index in [4.69, 9.17) is 31.0 Å². The normalized spacial score (nSPS) is 22.7. The first-order chi connectivity index (χ1) is 21.6. The minimum Gasteiger partial charge on any atom is -0.461 e. The van der Waals surface area contributed by atoms with E-state index in [2.05, 4.69) is 14.8 Å². The number of ether oxygens (including phenoxy) is 2. The maximum atomic E-state index is 16.6. The van der Waals surface area contributed by atoms with Gasteiger partial charge in [0.2, 0.25) is 0 Å². The van der Waals surface area contributed by atoms with Crippen molar-refractivity contribution in [2.45, 2.75) is 95.9 Å². The second kappa shape index (κ2) is 11.5. The molecule has 240 valence electrons. The van der Waals surface area contributed by atoms with Crippen molar-refractivity contribution < 1.29 is 18.7 Å². The minimum absolute atomic E-state index is 0.00457. The summed E-state index contributed by atoms with van der Waals surface area (Å²) >= 11 is 6.51. The minimum atomic E-state index is -0.571. The monoisotopic (exact) mass is 636 g/mol. The Kier molecular flexibility index (Phi) is 7.79. The average Bonchev–Trinajstić information content (AvgIpc) is 3.66. The molecule has 0 spiro atoms. The lowest BCUT2D eigenvalue weighted by Gasteiger charge is -2.42. The van der Waals surface area contributed by atoms with Crippen molar-refractivity contribution >= 4 is 34.4 Å². The fourth-order valence-electron chi connectivity index (χ4n) is 8.00. The molecule has 3 aromatic rings. The van der Waals surface area contributed by atoms with Crippen LogP contribution in [-0.4, -0.2) is 86.9 Å². The predicted octanol–water partition coefficient (Wildman–Crippen LogP) is 6.64. The highest BCUT2D eigenvalue weighted by Gasteiger charge is 2.46. The summed E-state index contributed by atoms with van der Waals surface area (Å²) in [5.41, 5.74) is 1.31. The summed E-state index contributed by atoms with van der Waals surface area (Å²) in [7, 11) is 0. The van der Waals surface area contributed by atoms with E-state index in [1.807, 2.05) is 50.8 Å². The van der Waals surface area contributed by atoms with E-state index >= 15 is 4.39 Å². The van der Waals surface area contributed by atoms with Crippen LogP contribution in [0.3, 0.4) is 0 Å². The fraction of sp³-hybridized carbons (Fsp3) is 0.588. The van der Waals surface area contributed by atoms with Crippen LogP contribution in [0.2, 0.25) is 5.02 Å². The SMILES string of the molecule is CCc1c(Cl)cccc1-c1ncc2c(N3C[C@H]4CC[C@@H](C3)N4C(=O)OC(C)(C)C)nc(OCC34CCCN3CCC4)nc2c1F. The summed E-state index contributed by atoms with van der Waals surface area (Å²) < 4.78 is 28.8. The van der Waals surface area contributed by atoms with Gasteiger partial charge in [-0.05, 0) is 90.4 Å². The molecule has 4 aliphatic heterocycles. The molecule has 4 saturated heterocycles. The van der Waals surface area contributed by atoms with E-state index in [0.717, 1.165) is 57.2 Å². The van der Waals surface area contributed by atoms with Gasteiger partial charge in [-0.3, -0.25) is 14.8 Å². The molecule has 0 radical (unpaired) electrons. The Morgan fingerprint density at radius 1 is 1.11 bits per heavy atom. The number of nitrogens with zero attached hydrogens (tertiary/aromatic N) is 6. The van der Waals surface area contributed by atoms with Crippen molar-refractivity contribution in [3.8, 4) is 17.3 Å². The van der Waals surface area contributed by atoms with Crippen molar-refractivity contribution in [1.29, 1.82) is 0 Å². The third-order valence-electron chi connectivity index (χ3n) is 10.0. The molecule has 0 N–H and O–H groups in total. The number of fused-ring (bicyclic) bond motifs is 4. The summed E-state index contributed by atoms with van der Waals surface area (Å²) in [5, 5.41) is 1.11. The molecular weight excluding hydrogens is 595 g/mol. The number of anilines is 1. The van der Waals surface area contributed by atoms with Crippen molar-refractivity contribution in [2.75, 3.05) is 37.7 Å². The van der Waals surface area contributed by atoms with Crippen LogP contribution in [0.25, 0.3) is 22.2 Å². The highest BCUT2D eigenvalue weighted by atomic mass is 35.5. The molecule has 1 amide bonds. The van der Waals surface area contributed by atoms with Gasteiger partial charge in [-0.1, -0.05) is 30.7 Å². The van der Waals surface area contributed by atoms with Crippen LogP contribution < -0.4 is 9.64 Å². The van der Waals surface area contributed by atoms with Gasteiger partial charge >= 0.3 is 12.1 Å². The molecule has 0 saturated carbocycles. The number of pyridine rings is 1. The van der Waals surface area contributed by atoms with Gasteiger partial charge < -0.3 is 14.4 Å². The van der Waals surface area contributed by atoms with E-state index in [0.29, 0.717) is 47.9 Å². The van der Waals surface area contributed by atoms with E-state index < -0.39 is 11.4 Å². The van der Waals surface area contributed by atoms with Crippen molar-refractivity contribution in [3.63, 3.8) is 0 Å². The lowest BCUT2D eigenvalue weighted by atomic mass is 9.95. The number of amides is 1. The van der Waals surface area contributed by atoms with Gasteiger partial charge in [-0.15, -0.1) is 0 Å². The Labute approximate surface area is 269 Å². The van der Waals surface area contributed by atoms with E-state index in [1.165, 1.54) is 0 Å². The van der Waals surface area contributed by atoms with Gasteiger partial charge in [0.25, 0.3) is 0 Å². The standard InChI is InChI=1S/C34H42ClFN6O3/c1-5-23-24(9-6-10-26(23)35)28-27(36)29-25(17-37-28)30(39-31(38-29)44-20-34-13-7-15-41(34)16-8-14-34)40-18-21-11-12-22(19-40)42(21)32(43)45-33(2,3)4/h6,9-10,17,21-22H,5,7-8,11-16,18-20H2,1-4H3/t21-,22+. The zero-order chi connectivity index (χ0) is 31.5. The number of hydrogen-bond acceptors (Lipinski definition) is 8. The van der Waals surface area contributed by atoms with Crippen LogP contribution in [0, 0.1) is 5.82 Å². The number of halogens is 2. The van der Waals surface area contributed by atoms with Crippen LogP contribution in [0.15, 0.2) is 24.4 Å². The Morgan fingerprint density at radius 3 is 2.49 bits per heavy atom. The lowest BCUT2D eigenvalue weighted by molar-refractivity contribution is 0.0122. The summed E-state index contributed by atoms with van der Waals surface area (Å²) in [6, 6.07) is 5.58. The number of aromatic nitrogens is 3. The number of carbonyl (C=O) groups excluding carboxylic acids is 1. The molecule has 4 fully saturated rings. The summed E-state index contributed by atoms with van der Waals surface area (Å²) in [6.07, 6.45) is 8.24. The number of benzene rings is 1. The fourth-order valence-corrected chi connectivity index (χ4v) is 8.31. The topological polar surface area (TPSA) is 83.9 Å². The zero-order valence-electron chi connectivity index (χ0n) is 26.6. The highest BCUT2D eigenvalue weighted by molar-refractivity contribution is 6.31. The van der Waals surface area contributed by atoms with Gasteiger partial charge in [0, 0.05) is 29.9 Å². The molecule has 2 aromatic heterocycles. The second-order valence-corrected chi connectivity index (χ2v) is 14.4. The molecule has 2 bridgehead atoms. The molecule has 4 aliphatic rings. The van der Waals surface area contributed by atoms with E-state index in [-0.39, 0.29) is 40.9 Å². The van der Waals surface area contributed by atoms with Crippen LogP contribution in [0.5, 0.6) is 6.01 Å². The molecule has 6 heterocycles. The highest BCUT2D eigenvalue weighted by Crippen LogP contribution is 2.41. The Balaban J connectivity index is 1.27. The van der Waals surface area contributed by atoms with E-state index in [9.17, 15) is 4.79 Å². The quantitative estimate of drug-likeness (QED) is 0.298. The van der Waals surface area contributed by atoms with Gasteiger partial charge in [-0.25, -0.2) is 9.18 Å². The first-order valence-electron chi connectivity index (χ1n) is 16.3. The van der Waals surface area contributed by atoms with Crippen LogP contribution in [-0.2, 0) is 11.2 Å². The van der Waals surface area contributed by atoms with Gasteiger partial charge in [-0.2, -0.15) is 9.97 Å². The molecule has 1 aromatic carbocycles.